The summed E-state index contributed by atoms with van der Waals surface area (Å²) < 4.78 is 44.5. The molecule has 8 rings (SSSR count). The molecule has 0 bridgehead atoms. The van der Waals surface area contributed by atoms with Gasteiger partial charge in [-0.05, 0) is 82.6 Å². The molecule has 0 atom stereocenters. The average Bonchev–Trinajstić information content (AvgIpc) is 3.57. The van der Waals surface area contributed by atoms with Crippen LogP contribution in [0.1, 0.15) is 43.7 Å². The van der Waals surface area contributed by atoms with E-state index < -0.39 is 32.6 Å². The number of aromatic carboxylic acids is 1. The minimum atomic E-state index is -4.86. The summed E-state index contributed by atoms with van der Waals surface area (Å²) in [5, 5.41) is 49.3. The average molecular weight is 917 g/mol. The van der Waals surface area contributed by atoms with Crippen molar-refractivity contribution < 1.29 is 54.9 Å². The van der Waals surface area contributed by atoms with E-state index in [-0.39, 0.29) is 45.1 Å². The van der Waals surface area contributed by atoms with E-state index >= 15 is 0 Å². The van der Waals surface area contributed by atoms with Gasteiger partial charge in [0.15, 0.2) is 0 Å². The van der Waals surface area contributed by atoms with Gasteiger partial charge in [0.25, 0.3) is 0 Å². The summed E-state index contributed by atoms with van der Waals surface area (Å²) >= 11 is 0. The zero-order valence-electron chi connectivity index (χ0n) is 35.7. The second kappa shape index (κ2) is 19.7. The molecule has 6 aromatic rings. The summed E-state index contributed by atoms with van der Waals surface area (Å²) in [7, 11) is -4.86. The van der Waals surface area contributed by atoms with Gasteiger partial charge in [0.05, 0.1) is 33.6 Å². The summed E-state index contributed by atoms with van der Waals surface area (Å²) in [6.45, 7) is 13.7. The molecular weight excluding hydrogens is 873 g/mol. The van der Waals surface area contributed by atoms with Gasteiger partial charge in [0.2, 0.25) is 5.36 Å². The molecule has 5 aromatic carbocycles. The number of hydrogen-bond donors (Lipinski definition) is 1. The number of benzene rings is 6. The van der Waals surface area contributed by atoms with Gasteiger partial charge >= 0.3 is 23.3 Å². The molecule has 16 heteroatoms. The van der Waals surface area contributed by atoms with E-state index in [2.05, 4.69) is 88.9 Å². The first-order valence-corrected chi connectivity index (χ1v) is 21.8. The van der Waals surface area contributed by atoms with Crippen LogP contribution < -0.4 is 25.0 Å². The number of carboxylic acids is 1. The van der Waals surface area contributed by atoms with Crippen LogP contribution in [0.3, 0.4) is 0 Å². The van der Waals surface area contributed by atoms with Crippen molar-refractivity contribution in [2.75, 3.05) is 31.1 Å². The minimum Gasteiger partial charge on any atom is -0.871 e. The fourth-order valence-corrected chi connectivity index (χ4v) is 8.38. The number of carboxylic acid groups (broad SMARTS) is 1. The number of carbonyl (C=O) groups is 1. The molecule has 2 aliphatic rings. The molecule has 64 heavy (non-hydrogen) atoms. The Kier molecular flexibility index (Phi) is 14.4. The maximum atomic E-state index is 12.7. The quantitative estimate of drug-likeness (QED) is 0.0569. The Hall–Kier alpha value is -6.83. The smallest absolute Gasteiger partial charge is 0.871 e. The molecule has 0 spiro atoms. The number of hydrogen-bond acceptors (Lipinski definition) is 11. The number of aromatic nitrogens is 2. The van der Waals surface area contributed by atoms with Crippen LogP contribution in [0.25, 0.3) is 49.9 Å². The topological polar surface area (TPSA) is 203 Å². The molecule has 1 aromatic heterocycles. The third-order valence-electron chi connectivity index (χ3n) is 10.8. The van der Waals surface area contributed by atoms with Crippen LogP contribution in [0.2, 0.25) is 0 Å². The van der Waals surface area contributed by atoms with Gasteiger partial charge in [-0.3, -0.25) is 0 Å². The summed E-state index contributed by atoms with van der Waals surface area (Å²) in [5.41, 5.74) is 5.24. The van der Waals surface area contributed by atoms with Crippen molar-refractivity contribution in [1.29, 1.82) is 0 Å². The number of nitrogens with zero attached hydrogens (tertiary/aromatic N) is 6. The molecule has 0 fully saturated rings. The van der Waals surface area contributed by atoms with Crippen LogP contribution >= 0.6 is 0 Å². The molecule has 0 unspecified atom stereocenters. The van der Waals surface area contributed by atoms with Crippen LogP contribution in [0, 0.1) is 6.92 Å². The maximum absolute atomic E-state index is 12.7. The normalized spacial score (nSPS) is 11.4. The predicted octanol–water partition coefficient (Wildman–Crippen LogP) is 8.36. The predicted molar refractivity (Wildman–Crippen MR) is 238 cm³/mol. The third kappa shape index (κ3) is 9.27. The van der Waals surface area contributed by atoms with Crippen LogP contribution in [0.15, 0.2) is 141 Å². The SMILES string of the molecule is CCN(CC)c1ccc2c(-c3ccccc3C(=O)O)c3ccc(=[N+](CC)CC)cc-3oc2c1.Cc1nn(-c2ccccc2)c([O-])c1N=Nc1c([O-])cc(S(=O)(=O)[O-])c2ccccc12.[Cr+2]. The number of azo groups is 1. The Morgan fingerprint density at radius 3 is 2.08 bits per heavy atom. The van der Waals surface area contributed by atoms with Crippen molar-refractivity contribution in [3.8, 4) is 39.8 Å². The van der Waals surface area contributed by atoms with E-state index in [0.717, 1.165) is 71.1 Å². The van der Waals surface area contributed by atoms with Crippen LogP contribution in [0.4, 0.5) is 17.1 Å². The molecule has 14 nitrogen and oxygen atoms in total. The van der Waals surface area contributed by atoms with E-state index in [1.807, 2.05) is 12.1 Å². The van der Waals surface area contributed by atoms with Gasteiger partial charge in [-0.25, -0.2) is 22.5 Å². The van der Waals surface area contributed by atoms with Crippen LogP contribution in [0.5, 0.6) is 11.6 Å². The van der Waals surface area contributed by atoms with E-state index in [9.17, 15) is 33.1 Å². The van der Waals surface area contributed by atoms with Crippen molar-refractivity contribution >= 4 is 54.9 Å². The van der Waals surface area contributed by atoms with Gasteiger partial charge in [-0.1, -0.05) is 66.4 Å². The zero-order chi connectivity index (χ0) is 45.0. The second-order valence-corrected chi connectivity index (χ2v) is 15.8. The number of rotatable bonds is 11. The Morgan fingerprint density at radius 1 is 0.781 bits per heavy atom. The number of para-hydroxylation sites is 1. The van der Waals surface area contributed by atoms with Crippen molar-refractivity contribution in [1.82, 2.24) is 14.4 Å². The minimum absolute atomic E-state index is 0. The van der Waals surface area contributed by atoms with E-state index in [4.69, 9.17) is 4.42 Å². The Bertz CT molecular complexity index is 3180. The summed E-state index contributed by atoms with van der Waals surface area (Å²) in [6.07, 6.45) is 0. The Balaban J connectivity index is 0.000000210. The monoisotopic (exact) mass is 916 g/mol. The molecule has 0 amide bonds. The number of fused-ring (bicyclic) bond motifs is 3. The van der Waals surface area contributed by atoms with Gasteiger partial charge in [0, 0.05) is 64.1 Å². The number of anilines is 1. The molecule has 0 saturated heterocycles. The maximum Gasteiger partial charge on any atom is 2.00 e. The van der Waals surface area contributed by atoms with Gasteiger partial charge in [-0.15, -0.1) is 5.11 Å². The first-order chi connectivity index (χ1) is 30.3. The van der Waals surface area contributed by atoms with E-state index in [1.54, 1.807) is 55.5 Å². The summed E-state index contributed by atoms with van der Waals surface area (Å²) in [4.78, 5) is 13.7. The Labute approximate surface area is 380 Å². The first-order valence-electron chi connectivity index (χ1n) is 20.4. The fourth-order valence-electron chi connectivity index (χ4n) is 7.69. The standard InChI is InChI=1S/C28H30N2O3.C20H16N4O5S.Cr/c1-5-29(6-2)19-13-15-23-25(17-19)33-26-18-20(30(7-3)8-4)14-16-24(26)27(23)21-11-9-10-12-22(21)28(31)32;1-12-18(20(26)24(23-12)13-7-3-2-4-8-13)21-22-19-15-10-6-5-9-14(15)17(11-16(19)25)30(27,28)29;/h9-18H,5-8H2,1-4H3;2-11,25-26H,1H3,(H,27,28,29);/q;;+2/p-2. The van der Waals surface area contributed by atoms with Crippen molar-refractivity contribution in [3.63, 3.8) is 0 Å². The van der Waals surface area contributed by atoms with E-state index in [1.165, 1.54) is 22.9 Å². The molecule has 1 aliphatic heterocycles. The van der Waals surface area contributed by atoms with Gasteiger partial charge in [0.1, 0.15) is 40.2 Å². The van der Waals surface area contributed by atoms with E-state index in [0.29, 0.717) is 16.9 Å². The first kappa shape index (κ1) is 46.7. The fraction of sp³-hybridized carbons (Fsp3) is 0.188. The van der Waals surface area contributed by atoms with Crippen molar-refractivity contribution in [2.45, 2.75) is 39.5 Å². The molecule has 1 aliphatic carbocycles. The largest absolute Gasteiger partial charge is 2.00 e. The molecule has 1 N–H and O–H groups in total. The summed E-state index contributed by atoms with van der Waals surface area (Å²) in [5.74, 6) is -1.50. The summed E-state index contributed by atoms with van der Waals surface area (Å²) in [6, 6.07) is 35.0. The second-order valence-electron chi connectivity index (χ2n) is 14.4. The van der Waals surface area contributed by atoms with Gasteiger partial charge < -0.3 is 29.2 Å². The van der Waals surface area contributed by atoms with Gasteiger partial charge in [-0.2, -0.15) is 10.2 Å². The van der Waals surface area contributed by atoms with Crippen molar-refractivity contribution in [3.05, 3.63) is 138 Å². The van der Waals surface area contributed by atoms with Crippen LogP contribution in [-0.4, -0.2) is 60.0 Å². The zero-order valence-corrected chi connectivity index (χ0v) is 37.8. The molecule has 0 radical (unpaired) electrons. The van der Waals surface area contributed by atoms with Crippen LogP contribution in [-0.2, 0) is 27.5 Å². The number of aryl methyl sites for hydroxylation is 1. The molecule has 2 heterocycles. The molecule has 0 saturated carbocycles. The van der Waals surface area contributed by atoms with Crippen molar-refractivity contribution in [2.24, 2.45) is 10.2 Å². The third-order valence-corrected chi connectivity index (χ3v) is 11.7. The molecule has 326 valence electrons. The molecular formula is C48H44CrN6O8S. The Morgan fingerprint density at radius 2 is 1.42 bits per heavy atom.